The maximum atomic E-state index is 13.1. The zero-order valence-corrected chi connectivity index (χ0v) is 11.5. The van der Waals surface area contributed by atoms with Crippen LogP contribution in [0.25, 0.3) is 0 Å². The molecule has 2 aliphatic rings. The minimum atomic E-state index is -1.14. The van der Waals surface area contributed by atoms with Gasteiger partial charge in [-0.25, -0.2) is 8.78 Å². The Morgan fingerprint density at radius 1 is 1.14 bits per heavy atom. The number of nitrogens with zero attached hydrogens (tertiary/aromatic N) is 1. The van der Waals surface area contributed by atoms with Crippen LogP contribution in [0, 0.1) is 28.9 Å². The number of likely N-dealkylation sites (tertiary alicyclic amines) is 1. The van der Waals surface area contributed by atoms with Gasteiger partial charge in [-0.15, -0.1) is 0 Å². The molecule has 2 unspecified atom stereocenters. The lowest BCUT2D eigenvalue weighted by atomic mass is 10.0. The monoisotopic (exact) mass is 293 g/mol. The predicted molar refractivity (Wildman–Crippen MR) is 68.2 cm³/mol. The summed E-state index contributed by atoms with van der Waals surface area (Å²) < 4.78 is 25.9. The fraction of sp³-hybridized carbons (Fsp3) is 0.400. The average molecular weight is 293 g/mol. The number of Topliss-reactive ketones (excluding diaryl/α,β-unsaturated/α-hetero) is 1. The van der Waals surface area contributed by atoms with Crippen LogP contribution in [0.3, 0.4) is 0 Å². The molecule has 2 atom stereocenters. The molecule has 1 aliphatic carbocycles. The van der Waals surface area contributed by atoms with Crippen LogP contribution in [0.5, 0.6) is 0 Å². The number of amides is 2. The molecule has 4 nitrogen and oxygen atoms in total. The highest BCUT2D eigenvalue weighted by molar-refractivity contribution is 6.13. The van der Waals surface area contributed by atoms with Crippen LogP contribution < -0.4 is 0 Å². The van der Waals surface area contributed by atoms with E-state index in [2.05, 4.69) is 0 Å². The van der Waals surface area contributed by atoms with E-state index in [1.165, 1.54) is 0 Å². The van der Waals surface area contributed by atoms with Gasteiger partial charge in [-0.2, -0.15) is 0 Å². The van der Waals surface area contributed by atoms with Gasteiger partial charge in [-0.3, -0.25) is 19.3 Å². The average Bonchev–Trinajstić information content (AvgIpc) is 2.89. The molecule has 1 saturated heterocycles. The Morgan fingerprint density at radius 2 is 1.71 bits per heavy atom. The van der Waals surface area contributed by atoms with Crippen molar-refractivity contribution in [2.75, 3.05) is 6.54 Å². The van der Waals surface area contributed by atoms with Gasteiger partial charge < -0.3 is 0 Å². The first-order chi connectivity index (χ1) is 9.75. The number of carbonyl (C=O) groups is 3. The van der Waals surface area contributed by atoms with Crippen LogP contribution >= 0.6 is 0 Å². The Balaban J connectivity index is 1.76. The molecule has 1 heterocycles. The van der Waals surface area contributed by atoms with Crippen LogP contribution in [-0.4, -0.2) is 29.0 Å². The molecule has 1 saturated carbocycles. The number of rotatable bonds is 3. The minimum absolute atomic E-state index is 0.0608. The lowest BCUT2D eigenvalue weighted by Gasteiger charge is -2.19. The fourth-order valence-electron chi connectivity index (χ4n) is 3.06. The summed E-state index contributed by atoms with van der Waals surface area (Å²) >= 11 is 0. The van der Waals surface area contributed by atoms with Crippen molar-refractivity contribution in [1.29, 1.82) is 0 Å². The largest absolute Gasteiger partial charge is 0.292 e. The summed E-state index contributed by atoms with van der Waals surface area (Å²) in [6, 6.07) is 2.75. The molecular formula is C15H13F2NO3. The topological polar surface area (TPSA) is 54.5 Å². The lowest BCUT2D eigenvalue weighted by molar-refractivity contribution is -0.142. The number of piperidine rings is 1. The van der Waals surface area contributed by atoms with E-state index >= 15 is 0 Å². The maximum Gasteiger partial charge on any atom is 0.234 e. The molecule has 1 aliphatic heterocycles. The number of fused-ring (bicyclic) bond motifs is 1. The van der Waals surface area contributed by atoms with E-state index < -0.39 is 24.0 Å². The molecule has 0 aromatic heterocycles. The number of halogens is 2. The highest BCUT2D eigenvalue weighted by Crippen LogP contribution is 2.63. The van der Waals surface area contributed by atoms with Gasteiger partial charge in [0.25, 0.3) is 0 Å². The Bertz CT molecular complexity index is 659. The SMILES string of the molecule is CC1(C)C2C(=O)N(CC(=O)c3ccc(F)c(F)c3)C(=O)C21. The van der Waals surface area contributed by atoms with Gasteiger partial charge in [-0.05, 0) is 23.6 Å². The highest BCUT2D eigenvalue weighted by Gasteiger charge is 2.72. The van der Waals surface area contributed by atoms with Crippen LogP contribution in [0.1, 0.15) is 24.2 Å². The molecule has 2 fully saturated rings. The normalized spacial score (nSPS) is 26.0. The van der Waals surface area contributed by atoms with E-state index in [9.17, 15) is 23.2 Å². The standard InChI is InChI=1S/C15H13F2NO3/c1-15(2)11-12(15)14(21)18(13(11)20)6-10(19)7-3-4-8(16)9(17)5-7/h3-5,11-12H,6H2,1-2H3. The third-order valence-electron chi connectivity index (χ3n) is 4.43. The first-order valence-corrected chi connectivity index (χ1v) is 6.58. The quantitative estimate of drug-likeness (QED) is 0.630. The van der Waals surface area contributed by atoms with Gasteiger partial charge in [0.05, 0.1) is 18.4 Å². The molecule has 0 spiro atoms. The minimum Gasteiger partial charge on any atom is -0.292 e. The summed E-state index contributed by atoms with van der Waals surface area (Å²) in [5.74, 6) is -4.20. The molecule has 110 valence electrons. The number of ketones is 1. The second kappa shape index (κ2) is 4.19. The summed E-state index contributed by atoms with van der Waals surface area (Å²) in [5.41, 5.74) is -0.398. The number of benzene rings is 1. The van der Waals surface area contributed by atoms with Crippen molar-refractivity contribution < 1.29 is 23.2 Å². The van der Waals surface area contributed by atoms with Crippen molar-refractivity contribution in [1.82, 2.24) is 4.90 Å². The molecular weight excluding hydrogens is 280 g/mol. The Morgan fingerprint density at radius 3 is 2.24 bits per heavy atom. The summed E-state index contributed by atoms with van der Waals surface area (Å²) in [7, 11) is 0. The predicted octanol–water partition coefficient (Wildman–Crippen LogP) is 1.79. The van der Waals surface area contributed by atoms with E-state index in [1.54, 1.807) is 0 Å². The van der Waals surface area contributed by atoms with E-state index in [0.29, 0.717) is 0 Å². The summed E-state index contributed by atoms with van der Waals surface area (Å²) in [6.45, 7) is 3.26. The van der Waals surface area contributed by atoms with Gasteiger partial charge in [0.2, 0.25) is 11.8 Å². The van der Waals surface area contributed by atoms with Crippen LogP contribution in [0.2, 0.25) is 0 Å². The molecule has 1 aromatic carbocycles. The second-order valence-corrected chi connectivity index (χ2v) is 6.09. The Hall–Kier alpha value is -2.11. The van der Waals surface area contributed by atoms with Crippen LogP contribution in [-0.2, 0) is 9.59 Å². The van der Waals surface area contributed by atoms with Crippen molar-refractivity contribution in [3.63, 3.8) is 0 Å². The van der Waals surface area contributed by atoms with Crippen molar-refractivity contribution in [3.8, 4) is 0 Å². The molecule has 3 rings (SSSR count). The smallest absolute Gasteiger partial charge is 0.234 e. The molecule has 0 N–H and O–H groups in total. The molecule has 2 amide bonds. The summed E-state index contributed by atoms with van der Waals surface area (Å²) in [6.07, 6.45) is 0. The maximum absolute atomic E-state index is 13.1. The van der Waals surface area contributed by atoms with Crippen LogP contribution in [0.15, 0.2) is 18.2 Å². The summed E-state index contributed by atoms with van der Waals surface area (Å²) in [4.78, 5) is 37.1. The molecule has 21 heavy (non-hydrogen) atoms. The zero-order valence-electron chi connectivity index (χ0n) is 11.5. The molecule has 1 aromatic rings. The van der Waals surface area contributed by atoms with Gasteiger partial charge in [0, 0.05) is 5.56 Å². The third kappa shape index (κ3) is 1.89. The number of hydrogen-bond acceptors (Lipinski definition) is 3. The first-order valence-electron chi connectivity index (χ1n) is 6.58. The molecule has 0 radical (unpaired) electrons. The van der Waals surface area contributed by atoms with Gasteiger partial charge in [0.15, 0.2) is 17.4 Å². The van der Waals surface area contributed by atoms with Gasteiger partial charge in [0.1, 0.15) is 0 Å². The van der Waals surface area contributed by atoms with E-state index in [0.717, 1.165) is 23.1 Å². The third-order valence-corrected chi connectivity index (χ3v) is 4.43. The lowest BCUT2D eigenvalue weighted by Crippen LogP contribution is -2.39. The van der Waals surface area contributed by atoms with Crippen LogP contribution in [0.4, 0.5) is 8.78 Å². The van der Waals surface area contributed by atoms with E-state index in [-0.39, 0.29) is 34.6 Å². The Labute approximate surface area is 119 Å². The van der Waals surface area contributed by atoms with Crippen molar-refractivity contribution in [3.05, 3.63) is 35.4 Å². The van der Waals surface area contributed by atoms with E-state index in [4.69, 9.17) is 0 Å². The zero-order chi connectivity index (χ0) is 15.5. The number of imide groups is 1. The highest BCUT2D eigenvalue weighted by atomic mass is 19.2. The number of carbonyl (C=O) groups excluding carboxylic acids is 3. The summed E-state index contributed by atoms with van der Waals surface area (Å²) in [5, 5.41) is 0. The molecule has 6 heteroatoms. The second-order valence-electron chi connectivity index (χ2n) is 6.09. The van der Waals surface area contributed by atoms with Gasteiger partial charge in [-0.1, -0.05) is 13.8 Å². The fourth-order valence-corrected chi connectivity index (χ4v) is 3.06. The van der Waals surface area contributed by atoms with Gasteiger partial charge >= 0.3 is 0 Å². The van der Waals surface area contributed by atoms with Crippen molar-refractivity contribution in [2.24, 2.45) is 17.3 Å². The Kier molecular flexibility index (Phi) is 2.77. The number of hydrogen-bond donors (Lipinski definition) is 0. The van der Waals surface area contributed by atoms with Crippen molar-refractivity contribution >= 4 is 17.6 Å². The first kappa shape index (κ1) is 13.9. The van der Waals surface area contributed by atoms with Crippen molar-refractivity contribution in [2.45, 2.75) is 13.8 Å². The van der Waals surface area contributed by atoms with E-state index in [1.807, 2.05) is 13.8 Å². The molecule has 0 bridgehead atoms.